The number of piperidine rings is 1. The number of hydrogen-bond acceptors (Lipinski definition) is 3. The van der Waals surface area contributed by atoms with Crippen molar-refractivity contribution in [1.82, 2.24) is 15.1 Å². The molecule has 1 aliphatic carbocycles. The molecule has 1 aromatic rings. The molecule has 1 atom stereocenters. The standard InChI is InChI=1S/C13H21N3O/c17-9-12-6-13(15-14-12)11-2-1-5-16(8-11)7-10-3-4-10/h6,10-11,17H,1-5,7-9H2,(H,14,15)/t11-/m0/s1. The summed E-state index contributed by atoms with van der Waals surface area (Å²) in [5.41, 5.74) is 1.97. The highest BCUT2D eigenvalue weighted by molar-refractivity contribution is 5.14. The van der Waals surface area contributed by atoms with Crippen LogP contribution < -0.4 is 0 Å². The second-order valence-electron chi connectivity index (χ2n) is 5.52. The second-order valence-corrected chi connectivity index (χ2v) is 5.52. The fourth-order valence-corrected chi connectivity index (χ4v) is 2.80. The van der Waals surface area contributed by atoms with Crippen LogP contribution in [0.2, 0.25) is 0 Å². The summed E-state index contributed by atoms with van der Waals surface area (Å²) in [6.45, 7) is 3.75. The van der Waals surface area contributed by atoms with Crippen LogP contribution in [-0.4, -0.2) is 39.8 Å². The van der Waals surface area contributed by atoms with Gasteiger partial charge in [-0.1, -0.05) is 0 Å². The van der Waals surface area contributed by atoms with Gasteiger partial charge in [-0.05, 0) is 44.2 Å². The monoisotopic (exact) mass is 235 g/mol. The molecule has 0 unspecified atom stereocenters. The summed E-state index contributed by atoms with van der Waals surface area (Å²) in [4.78, 5) is 2.60. The van der Waals surface area contributed by atoms with Crippen molar-refractivity contribution in [2.24, 2.45) is 5.92 Å². The van der Waals surface area contributed by atoms with Crippen molar-refractivity contribution in [3.63, 3.8) is 0 Å². The normalized spacial score (nSPS) is 26.3. The van der Waals surface area contributed by atoms with Gasteiger partial charge in [0.1, 0.15) is 0 Å². The maximum atomic E-state index is 9.05. The molecule has 4 nitrogen and oxygen atoms in total. The second kappa shape index (κ2) is 4.78. The zero-order chi connectivity index (χ0) is 11.7. The summed E-state index contributed by atoms with van der Waals surface area (Å²) >= 11 is 0. The van der Waals surface area contributed by atoms with Crippen molar-refractivity contribution in [2.75, 3.05) is 19.6 Å². The van der Waals surface area contributed by atoms with Gasteiger partial charge in [0.25, 0.3) is 0 Å². The Morgan fingerprint density at radius 3 is 3.00 bits per heavy atom. The summed E-state index contributed by atoms with van der Waals surface area (Å²) in [7, 11) is 0. The Kier molecular flexibility index (Phi) is 3.16. The van der Waals surface area contributed by atoms with Gasteiger partial charge >= 0.3 is 0 Å². The first-order chi connectivity index (χ1) is 8.35. The molecule has 1 aliphatic heterocycles. The van der Waals surface area contributed by atoms with Crippen LogP contribution in [0.3, 0.4) is 0 Å². The number of likely N-dealkylation sites (tertiary alicyclic amines) is 1. The predicted octanol–water partition coefficient (Wildman–Crippen LogP) is 1.49. The van der Waals surface area contributed by atoms with Crippen molar-refractivity contribution in [3.05, 3.63) is 17.5 Å². The maximum absolute atomic E-state index is 9.05. The summed E-state index contributed by atoms with van der Waals surface area (Å²) in [6, 6.07) is 2.02. The van der Waals surface area contributed by atoms with Crippen molar-refractivity contribution < 1.29 is 5.11 Å². The van der Waals surface area contributed by atoms with Gasteiger partial charge in [0.05, 0.1) is 18.0 Å². The van der Waals surface area contributed by atoms with Crippen LogP contribution in [0.5, 0.6) is 0 Å². The zero-order valence-corrected chi connectivity index (χ0v) is 10.2. The van der Waals surface area contributed by atoms with Crippen LogP contribution in [0, 0.1) is 5.92 Å². The molecule has 1 saturated carbocycles. The third kappa shape index (κ3) is 2.69. The molecule has 0 aromatic carbocycles. The highest BCUT2D eigenvalue weighted by Gasteiger charge is 2.28. The first-order valence-electron chi connectivity index (χ1n) is 6.72. The van der Waals surface area contributed by atoms with Crippen molar-refractivity contribution in [3.8, 4) is 0 Å². The largest absolute Gasteiger partial charge is 0.390 e. The summed E-state index contributed by atoms with van der Waals surface area (Å²) in [5, 5.41) is 16.3. The van der Waals surface area contributed by atoms with Crippen molar-refractivity contribution in [1.29, 1.82) is 0 Å². The van der Waals surface area contributed by atoms with E-state index in [-0.39, 0.29) is 6.61 Å². The molecule has 17 heavy (non-hydrogen) atoms. The average Bonchev–Trinajstić information content (AvgIpc) is 3.04. The Morgan fingerprint density at radius 2 is 2.29 bits per heavy atom. The van der Waals surface area contributed by atoms with Crippen molar-refractivity contribution >= 4 is 0 Å². The van der Waals surface area contributed by atoms with E-state index in [9.17, 15) is 0 Å². The number of aromatic amines is 1. The molecule has 4 heteroatoms. The Morgan fingerprint density at radius 1 is 1.41 bits per heavy atom. The molecule has 0 spiro atoms. The number of aromatic nitrogens is 2. The van der Waals surface area contributed by atoms with E-state index in [2.05, 4.69) is 15.1 Å². The number of aliphatic hydroxyl groups is 1. The Bertz CT molecular complexity index is 372. The molecule has 94 valence electrons. The Labute approximate surface area is 102 Å². The lowest BCUT2D eigenvalue weighted by atomic mass is 9.94. The smallest absolute Gasteiger partial charge is 0.0847 e. The number of aliphatic hydroxyl groups excluding tert-OH is 1. The van der Waals surface area contributed by atoms with E-state index in [1.54, 1.807) is 0 Å². The lowest BCUT2D eigenvalue weighted by molar-refractivity contribution is 0.198. The molecule has 2 heterocycles. The van der Waals surface area contributed by atoms with Crippen molar-refractivity contribution in [2.45, 2.75) is 38.2 Å². The number of H-pyrrole nitrogens is 1. The van der Waals surface area contributed by atoms with E-state index < -0.39 is 0 Å². The lowest BCUT2D eigenvalue weighted by Crippen LogP contribution is -2.35. The third-order valence-electron chi connectivity index (χ3n) is 3.96. The van der Waals surface area contributed by atoms with E-state index in [1.165, 1.54) is 38.8 Å². The van der Waals surface area contributed by atoms with Crippen LogP contribution in [0.15, 0.2) is 6.07 Å². The molecule has 0 radical (unpaired) electrons. The molecular formula is C13H21N3O. The van der Waals surface area contributed by atoms with Crippen LogP contribution in [0.25, 0.3) is 0 Å². The minimum absolute atomic E-state index is 0.0610. The molecule has 3 rings (SSSR count). The van der Waals surface area contributed by atoms with E-state index in [1.807, 2.05) is 6.07 Å². The topological polar surface area (TPSA) is 52.1 Å². The lowest BCUT2D eigenvalue weighted by Gasteiger charge is -2.31. The number of nitrogens with zero attached hydrogens (tertiary/aromatic N) is 2. The van der Waals surface area contributed by atoms with Crippen LogP contribution in [0.4, 0.5) is 0 Å². The molecule has 1 saturated heterocycles. The molecule has 2 N–H and O–H groups in total. The van der Waals surface area contributed by atoms with Gasteiger partial charge in [-0.2, -0.15) is 5.10 Å². The van der Waals surface area contributed by atoms with Gasteiger partial charge < -0.3 is 10.0 Å². The van der Waals surface area contributed by atoms with Gasteiger partial charge in [0.15, 0.2) is 0 Å². The fraction of sp³-hybridized carbons (Fsp3) is 0.769. The Balaban J connectivity index is 1.61. The summed E-state index contributed by atoms with van der Waals surface area (Å²) in [6.07, 6.45) is 5.37. The summed E-state index contributed by atoms with van der Waals surface area (Å²) < 4.78 is 0. The molecule has 0 amide bonds. The summed E-state index contributed by atoms with van der Waals surface area (Å²) in [5.74, 6) is 1.53. The Hall–Kier alpha value is -0.870. The van der Waals surface area contributed by atoms with E-state index >= 15 is 0 Å². The van der Waals surface area contributed by atoms with Gasteiger partial charge in [0.2, 0.25) is 0 Å². The first-order valence-corrected chi connectivity index (χ1v) is 6.72. The molecule has 1 aromatic heterocycles. The minimum Gasteiger partial charge on any atom is -0.390 e. The molecular weight excluding hydrogens is 214 g/mol. The zero-order valence-electron chi connectivity index (χ0n) is 10.2. The van der Waals surface area contributed by atoms with Crippen LogP contribution in [0.1, 0.15) is 43.0 Å². The molecule has 2 fully saturated rings. The highest BCUT2D eigenvalue weighted by atomic mass is 16.3. The van der Waals surface area contributed by atoms with Gasteiger partial charge in [-0.15, -0.1) is 0 Å². The predicted molar refractivity (Wildman–Crippen MR) is 65.6 cm³/mol. The van der Waals surface area contributed by atoms with Gasteiger partial charge in [0, 0.05) is 19.0 Å². The van der Waals surface area contributed by atoms with Crippen LogP contribution >= 0.6 is 0 Å². The third-order valence-corrected chi connectivity index (χ3v) is 3.96. The van der Waals surface area contributed by atoms with E-state index in [0.29, 0.717) is 5.92 Å². The SMILES string of the molecule is OCc1cc([C@H]2CCCN(CC3CC3)C2)n[nH]1. The highest BCUT2D eigenvalue weighted by Crippen LogP contribution is 2.33. The fourth-order valence-electron chi connectivity index (χ4n) is 2.80. The number of rotatable bonds is 4. The minimum atomic E-state index is 0.0610. The van der Waals surface area contributed by atoms with Gasteiger partial charge in [-0.25, -0.2) is 0 Å². The maximum Gasteiger partial charge on any atom is 0.0847 e. The molecule has 0 bridgehead atoms. The van der Waals surface area contributed by atoms with E-state index in [0.717, 1.165) is 23.9 Å². The van der Waals surface area contributed by atoms with Crippen LogP contribution in [-0.2, 0) is 6.61 Å². The van der Waals surface area contributed by atoms with E-state index in [4.69, 9.17) is 5.11 Å². The van der Waals surface area contributed by atoms with Gasteiger partial charge in [-0.3, -0.25) is 5.10 Å². The average molecular weight is 235 g/mol. The quantitative estimate of drug-likeness (QED) is 0.831. The number of hydrogen-bond donors (Lipinski definition) is 2. The molecule has 2 aliphatic rings. The number of nitrogens with one attached hydrogen (secondary N) is 1. The first kappa shape index (κ1) is 11.2.